The molecule has 1 amide bonds. The molecular formula is C19H22N4O. The van der Waals surface area contributed by atoms with Crippen molar-refractivity contribution in [2.75, 3.05) is 11.4 Å². The largest absolute Gasteiger partial charge is 0.348 e. The molecule has 1 aliphatic heterocycles. The maximum absolute atomic E-state index is 12.5. The number of nitrogens with one attached hydrogen (secondary N) is 1. The SMILES string of the molecule is O=C(NC1CCCC1)c1ccnc(N2CCCc3ccccc32)n1. The molecule has 1 saturated carbocycles. The minimum atomic E-state index is -0.0872. The second-order valence-corrected chi connectivity index (χ2v) is 6.58. The van der Waals surface area contributed by atoms with E-state index in [2.05, 4.69) is 38.4 Å². The Labute approximate surface area is 142 Å². The average molecular weight is 322 g/mol. The molecule has 2 aliphatic rings. The van der Waals surface area contributed by atoms with Crippen LogP contribution >= 0.6 is 0 Å². The summed E-state index contributed by atoms with van der Waals surface area (Å²) in [6, 6.07) is 10.3. The van der Waals surface area contributed by atoms with Crippen LogP contribution in [0.4, 0.5) is 11.6 Å². The third kappa shape index (κ3) is 2.98. The fourth-order valence-electron chi connectivity index (χ4n) is 3.68. The highest BCUT2D eigenvalue weighted by atomic mass is 16.1. The van der Waals surface area contributed by atoms with Gasteiger partial charge in [-0.1, -0.05) is 31.0 Å². The third-order valence-corrected chi connectivity index (χ3v) is 4.92. The molecule has 0 radical (unpaired) electrons. The van der Waals surface area contributed by atoms with E-state index < -0.39 is 0 Å². The van der Waals surface area contributed by atoms with Gasteiger partial charge in [0.2, 0.25) is 5.95 Å². The van der Waals surface area contributed by atoms with Crippen LogP contribution in [0.3, 0.4) is 0 Å². The number of carbonyl (C=O) groups excluding carboxylic acids is 1. The highest BCUT2D eigenvalue weighted by Crippen LogP contribution is 2.31. The molecular weight excluding hydrogens is 300 g/mol. The van der Waals surface area contributed by atoms with Crippen LogP contribution < -0.4 is 10.2 Å². The van der Waals surface area contributed by atoms with Crippen LogP contribution in [0.25, 0.3) is 0 Å². The predicted molar refractivity (Wildman–Crippen MR) is 93.5 cm³/mol. The molecule has 5 heteroatoms. The van der Waals surface area contributed by atoms with E-state index in [1.807, 2.05) is 6.07 Å². The van der Waals surface area contributed by atoms with Gasteiger partial charge in [-0.3, -0.25) is 4.79 Å². The van der Waals surface area contributed by atoms with Gasteiger partial charge in [0.05, 0.1) is 0 Å². The number of carbonyl (C=O) groups is 1. The Balaban J connectivity index is 1.58. The first kappa shape index (κ1) is 15.1. The van der Waals surface area contributed by atoms with Crippen molar-refractivity contribution < 1.29 is 4.79 Å². The van der Waals surface area contributed by atoms with E-state index in [9.17, 15) is 4.79 Å². The van der Waals surface area contributed by atoms with E-state index in [0.29, 0.717) is 17.7 Å². The lowest BCUT2D eigenvalue weighted by atomic mass is 10.0. The van der Waals surface area contributed by atoms with Crippen molar-refractivity contribution in [2.45, 2.75) is 44.6 Å². The lowest BCUT2D eigenvalue weighted by Gasteiger charge is -2.29. The van der Waals surface area contributed by atoms with E-state index in [1.54, 1.807) is 12.3 Å². The fourth-order valence-corrected chi connectivity index (χ4v) is 3.68. The number of aromatic nitrogens is 2. The minimum absolute atomic E-state index is 0.0872. The van der Waals surface area contributed by atoms with Crippen LogP contribution in [0.15, 0.2) is 36.5 Å². The Kier molecular flexibility index (Phi) is 4.15. The molecule has 1 aromatic carbocycles. The third-order valence-electron chi connectivity index (χ3n) is 4.92. The number of hydrogen-bond acceptors (Lipinski definition) is 4. The molecule has 0 unspecified atom stereocenters. The molecule has 124 valence electrons. The van der Waals surface area contributed by atoms with Crippen molar-refractivity contribution in [1.82, 2.24) is 15.3 Å². The lowest BCUT2D eigenvalue weighted by molar-refractivity contribution is 0.0932. The van der Waals surface area contributed by atoms with Gasteiger partial charge in [-0.25, -0.2) is 9.97 Å². The summed E-state index contributed by atoms with van der Waals surface area (Å²) < 4.78 is 0. The fraction of sp³-hybridized carbons (Fsp3) is 0.421. The lowest BCUT2D eigenvalue weighted by Crippen LogP contribution is -2.34. The van der Waals surface area contributed by atoms with Gasteiger partial charge in [-0.2, -0.15) is 0 Å². The molecule has 24 heavy (non-hydrogen) atoms. The maximum Gasteiger partial charge on any atom is 0.270 e. The first-order chi connectivity index (χ1) is 11.8. The number of benzene rings is 1. The summed E-state index contributed by atoms with van der Waals surface area (Å²) in [6.07, 6.45) is 8.37. The Bertz CT molecular complexity index is 740. The smallest absolute Gasteiger partial charge is 0.270 e. The number of aryl methyl sites for hydroxylation is 1. The van der Waals surface area contributed by atoms with Crippen molar-refractivity contribution in [3.63, 3.8) is 0 Å². The molecule has 2 aromatic rings. The molecule has 0 bridgehead atoms. The highest BCUT2D eigenvalue weighted by molar-refractivity contribution is 5.92. The molecule has 1 N–H and O–H groups in total. The van der Waals surface area contributed by atoms with Gasteiger partial charge in [-0.15, -0.1) is 0 Å². The van der Waals surface area contributed by atoms with Crippen molar-refractivity contribution in [3.8, 4) is 0 Å². The zero-order chi connectivity index (χ0) is 16.4. The summed E-state index contributed by atoms with van der Waals surface area (Å²) in [4.78, 5) is 23.5. The minimum Gasteiger partial charge on any atom is -0.348 e. The van der Waals surface area contributed by atoms with E-state index in [0.717, 1.165) is 37.9 Å². The first-order valence-corrected chi connectivity index (χ1v) is 8.80. The predicted octanol–water partition coefficient (Wildman–Crippen LogP) is 3.23. The van der Waals surface area contributed by atoms with E-state index in [1.165, 1.54) is 18.4 Å². The maximum atomic E-state index is 12.5. The number of para-hydroxylation sites is 1. The molecule has 4 rings (SSSR count). The Morgan fingerprint density at radius 2 is 1.96 bits per heavy atom. The number of nitrogens with zero attached hydrogens (tertiary/aromatic N) is 3. The van der Waals surface area contributed by atoms with Crippen LogP contribution in [0.1, 0.15) is 48.2 Å². The number of amides is 1. The van der Waals surface area contributed by atoms with Crippen LogP contribution in [-0.4, -0.2) is 28.5 Å². The summed E-state index contributed by atoms with van der Waals surface area (Å²) in [5.41, 5.74) is 2.92. The number of fused-ring (bicyclic) bond motifs is 1. The second-order valence-electron chi connectivity index (χ2n) is 6.58. The van der Waals surface area contributed by atoms with Crippen molar-refractivity contribution in [2.24, 2.45) is 0 Å². The summed E-state index contributed by atoms with van der Waals surface area (Å²) in [5.74, 6) is 0.525. The van der Waals surface area contributed by atoms with Crippen LogP contribution in [0, 0.1) is 0 Å². The van der Waals surface area contributed by atoms with Gasteiger partial charge in [0.1, 0.15) is 5.69 Å². The summed E-state index contributed by atoms with van der Waals surface area (Å²) >= 11 is 0. The number of rotatable bonds is 3. The monoisotopic (exact) mass is 322 g/mol. The number of hydrogen-bond donors (Lipinski definition) is 1. The van der Waals surface area contributed by atoms with Gasteiger partial charge in [0.25, 0.3) is 5.91 Å². The molecule has 5 nitrogen and oxygen atoms in total. The van der Waals surface area contributed by atoms with Gasteiger partial charge in [0, 0.05) is 24.5 Å². The van der Waals surface area contributed by atoms with Crippen molar-refractivity contribution >= 4 is 17.5 Å². The zero-order valence-corrected chi connectivity index (χ0v) is 13.7. The Hall–Kier alpha value is -2.43. The molecule has 1 aliphatic carbocycles. The first-order valence-electron chi connectivity index (χ1n) is 8.80. The van der Waals surface area contributed by atoms with E-state index in [4.69, 9.17) is 0 Å². The molecule has 1 fully saturated rings. The van der Waals surface area contributed by atoms with Crippen molar-refractivity contribution in [1.29, 1.82) is 0 Å². The topological polar surface area (TPSA) is 58.1 Å². The summed E-state index contributed by atoms with van der Waals surface area (Å²) in [5, 5.41) is 3.10. The molecule has 0 saturated heterocycles. The average Bonchev–Trinajstić information content (AvgIpc) is 3.14. The quantitative estimate of drug-likeness (QED) is 0.942. The molecule has 0 spiro atoms. The van der Waals surface area contributed by atoms with Crippen molar-refractivity contribution in [3.05, 3.63) is 47.8 Å². The Morgan fingerprint density at radius 3 is 2.83 bits per heavy atom. The van der Waals surface area contributed by atoms with Gasteiger partial charge < -0.3 is 10.2 Å². The highest BCUT2D eigenvalue weighted by Gasteiger charge is 2.22. The molecule has 0 atom stereocenters. The summed E-state index contributed by atoms with van der Waals surface area (Å²) in [7, 11) is 0. The zero-order valence-electron chi connectivity index (χ0n) is 13.7. The van der Waals surface area contributed by atoms with E-state index in [-0.39, 0.29) is 5.91 Å². The normalized spacial score (nSPS) is 17.6. The molecule has 2 heterocycles. The second kappa shape index (κ2) is 6.59. The van der Waals surface area contributed by atoms with Gasteiger partial charge >= 0.3 is 0 Å². The summed E-state index contributed by atoms with van der Waals surface area (Å²) in [6.45, 7) is 0.880. The van der Waals surface area contributed by atoms with Crippen LogP contribution in [0.2, 0.25) is 0 Å². The Morgan fingerprint density at radius 1 is 1.12 bits per heavy atom. The van der Waals surface area contributed by atoms with E-state index >= 15 is 0 Å². The van der Waals surface area contributed by atoms with Gasteiger partial charge in [-0.05, 0) is 43.4 Å². The van der Waals surface area contributed by atoms with Crippen LogP contribution in [0.5, 0.6) is 0 Å². The molecule has 1 aromatic heterocycles. The van der Waals surface area contributed by atoms with Gasteiger partial charge in [0.15, 0.2) is 0 Å². The standard InChI is InChI=1S/C19H22N4O/c24-18(21-15-8-2-3-9-15)16-11-12-20-19(22-16)23-13-5-7-14-6-1-4-10-17(14)23/h1,4,6,10-12,15H,2-3,5,7-9,13H2,(H,21,24). The number of anilines is 2. The van der Waals surface area contributed by atoms with Crippen LogP contribution in [-0.2, 0) is 6.42 Å².